The Balaban J connectivity index is 1.84. The molecule has 0 aliphatic heterocycles. The van der Waals surface area contributed by atoms with E-state index < -0.39 is 11.3 Å². The molecule has 0 spiro atoms. The second-order valence-corrected chi connectivity index (χ2v) is 5.68. The number of methoxy groups -OCH3 is 1. The number of ether oxygens (including phenoxy) is 1. The first-order valence-corrected chi connectivity index (χ1v) is 7.42. The van der Waals surface area contributed by atoms with Crippen molar-refractivity contribution in [2.24, 2.45) is 5.73 Å². The number of primary amides is 1. The lowest BCUT2D eigenvalue weighted by atomic mass is 9.95. The van der Waals surface area contributed by atoms with Crippen molar-refractivity contribution in [3.63, 3.8) is 0 Å². The zero-order valence-corrected chi connectivity index (χ0v) is 12.8. The highest BCUT2D eigenvalue weighted by atomic mass is 16.5. The third-order valence-electron chi connectivity index (χ3n) is 4.23. The lowest BCUT2D eigenvalue weighted by Crippen LogP contribution is -2.28. The molecule has 1 fully saturated rings. The van der Waals surface area contributed by atoms with Crippen LogP contribution < -0.4 is 15.8 Å². The fourth-order valence-electron chi connectivity index (χ4n) is 2.76. The Morgan fingerprint density at radius 3 is 2.39 bits per heavy atom. The van der Waals surface area contributed by atoms with Gasteiger partial charge in [-0.25, -0.2) is 0 Å². The zero-order valence-electron chi connectivity index (χ0n) is 12.8. The molecule has 3 N–H and O–H groups in total. The molecule has 118 valence electrons. The van der Waals surface area contributed by atoms with Gasteiger partial charge >= 0.3 is 0 Å². The minimum absolute atomic E-state index is 0.0655. The maximum atomic E-state index is 12.7. The van der Waals surface area contributed by atoms with Crippen molar-refractivity contribution in [1.29, 1.82) is 0 Å². The van der Waals surface area contributed by atoms with Crippen molar-refractivity contribution in [3.05, 3.63) is 59.7 Å². The van der Waals surface area contributed by atoms with E-state index in [9.17, 15) is 9.59 Å². The number of carbonyl (C=O) groups excluding carboxylic acids is 2. The molecule has 0 unspecified atom stereocenters. The molecule has 0 bridgehead atoms. The maximum Gasteiger partial charge on any atom is 0.252 e. The van der Waals surface area contributed by atoms with Crippen molar-refractivity contribution in [2.75, 3.05) is 12.4 Å². The average Bonchev–Trinajstić information content (AvgIpc) is 3.37. The summed E-state index contributed by atoms with van der Waals surface area (Å²) >= 11 is 0. The Bertz CT molecular complexity index is 752. The van der Waals surface area contributed by atoms with E-state index in [0.29, 0.717) is 11.4 Å². The van der Waals surface area contributed by atoms with Gasteiger partial charge in [0.2, 0.25) is 5.91 Å². The van der Waals surface area contributed by atoms with Gasteiger partial charge in [0.05, 0.1) is 18.1 Å². The number of anilines is 1. The van der Waals surface area contributed by atoms with E-state index in [1.165, 1.54) is 7.11 Å². The SMILES string of the molecule is COc1ccc(NC(=O)C2(c3ccccc3)CC2)cc1C(N)=O. The predicted octanol–water partition coefficient (Wildman–Crippen LogP) is 2.46. The minimum Gasteiger partial charge on any atom is -0.496 e. The van der Waals surface area contributed by atoms with Gasteiger partial charge in [0, 0.05) is 5.69 Å². The standard InChI is InChI=1S/C18H18N2O3/c1-23-15-8-7-13(11-14(15)16(19)21)20-17(22)18(9-10-18)12-5-3-2-4-6-12/h2-8,11H,9-10H2,1H3,(H2,19,21)(H,20,22). The number of hydrogen-bond donors (Lipinski definition) is 2. The smallest absolute Gasteiger partial charge is 0.252 e. The molecule has 1 aliphatic rings. The van der Waals surface area contributed by atoms with Crippen molar-refractivity contribution in [3.8, 4) is 5.75 Å². The highest BCUT2D eigenvalue weighted by Gasteiger charge is 2.51. The van der Waals surface area contributed by atoms with E-state index >= 15 is 0 Å². The fourth-order valence-corrected chi connectivity index (χ4v) is 2.76. The number of benzene rings is 2. The molecular formula is C18H18N2O3. The molecule has 0 aromatic heterocycles. The average molecular weight is 310 g/mol. The summed E-state index contributed by atoms with van der Waals surface area (Å²) < 4.78 is 5.10. The van der Waals surface area contributed by atoms with Gasteiger partial charge in [-0.15, -0.1) is 0 Å². The van der Waals surface area contributed by atoms with Gasteiger partial charge in [-0.1, -0.05) is 30.3 Å². The summed E-state index contributed by atoms with van der Waals surface area (Å²) in [4.78, 5) is 24.2. The molecule has 0 saturated heterocycles. The highest BCUT2D eigenvalue weighted by Crippen LogP contribution is 2.49. The van der Waals surface area contributed by atoms with Gasteiger partial charge in [0.25, 0.3) is 5.91 Å². The van der Waals surface area contributed by atoms with Gasteiger partial charge in [0.1, 0.15) is 5.75 Å². The zero-order chi connectivity index (χ0) is 16.4. The molecule has 1 aliphatic carbocycles. The largest absolute Gasteiger partial charge is 0.496 e. The minimum atomic E-state index is -0.595. The third-order valence-corrected chi connectivity index (χ3v) is 4.23. The summed E-state index contributed by atoms with van der Waals surface area (Å²) in [5, 5.41) is 2.89. The Kier molecular flexibility index (Phi) is 3.78. The number of hydrogen-bond acceptors (Lipinski definition) is 3. The van der Waals surface area contributed by atoms with Gasteiger partial charge in [0.15, 0.2) is 0 Å². The Labute approximate surface area is 134 Å². The normalized spacial score (nSPS) is 14.8. The molecule has 0 radical (unpaired) electrons. The van der Waals surface area contributed by atoms with Crippen molar-refractivity contribution in [1.82, 2.24) is 0 Å². The molecule has 3 rings (SSSR count). The van der Waals surface area contributed by atoms with Gasteiger partial charge in [-0.3, -0.25) is 9.59 Å². The Morgan fingerprint density at radius 2 is 1.83 bits per heavy atom. The Morgan fingerprint density at radius 1 is 1.13 bits per heavy atom. The third kappa shape index (κ3) is 2.77. The first kappa shape index (κ1) is 15.1. The fraction of sp³-hybridized carbons (Fsp3) is 0.222. The monoisotopic (exact) mass is 310 g/mol. The summed E-state index contributed by atoms with van der Waals surface area (Å²) in [7, 11) is 1.47. The van der Waals surface area contributed by atoms with Crippen LogP contribution in [0.4, 0.5) is 5.69 Å². The lowest BCUT2D eigenvalue weighted by Gasteiger charge is -2.16. The van der Waals surface area contributed by atoms with Crippen molar-refractivity contribution in [2.45, 2.75) is 18.3 Å². The molecule has 2 aromatic rings. The first-order chi connectivity index (χ1) is 11.1. The molecule has 23 heavy (non-hydrogen) atoms. The van der Waals surface area contributed by atoms with Crippen LogP contribution in [0.15, 0.2) is 48.5 Å². The molecule has 2 amide bonds. The molecule has 0 atom stereocenters. The predicted molar refractivity (Wildman–Crippen MR) is 87.5 cm³/mol. The molecule has 5 heteroatoms. The van der Waals surface area contributed by atoms with Crippen LogP contribution in [0.5, 0.6) is 5.75 Å². The molecule has 5 nitrogen and oxygen atoms in total. The second-order valence-electron chi connectivity index (χ2n) is 5.68. The summed E-state index contributed by atoms with van der Waals surface area (Å²) in [5.74, 6) is -0.272. The van der Waals surface area contributed by atoms with Crippen LogP contribution in [-0.4, -0.2) is 18.9 Å². The van der Waals surface area contributed by atoms with Gasteiger partial charge < -0.3 is 15.8 Å². The van der Waals surface area contributed by atoms with Crippen LogP contribution in [0.1, 0.15) is 28.8 Å². The van der Waals surface area contributed by atoms with E-state index in [0.717, 1.165) is 18.4 Å². The van der Waals surface area contributed by atoms with Crippen LogP contribution in [0.25, 0.3) is 0 Å². The maximum absolute atomic E-state index is 12.7. The number of nitrogens with one attached hydrogen (secondary N) is 1. The summed E-state index contributed by atoms with van der Waals surface area (Å²) in [6.45, 7) is 0. The number of amides is 2. The van der Waals surface area contributed by atoms with Crippen LogP contribution in [-0.2, 0) is 10.2 Å². The summed E-state index contributed by atoms with van der Waals surface area (Å²) in [6, 6.07) is 14.6. The van der Waals surface area contributed by atoms with Crippen molar-refractivity contribution < 1.29 is 14.3 Å². The van der Waals surface area contributed by atoms with E-state index in [-0.39, 0.29) is 11.5 Å². The van der Waals surface area contributed by atoms with E-state index in [4.69, 9.17) is 10.5 Å². The van der Waals surface area contributed by atoms with E-state index in [1.54, 1.807) is 18.2 Å². The second kappa shape index (κ2) is 5.76. The van der Waals surface area contributed by atoms with E-state index in [2.05, 4.69) is 5.32 Å². The summed E-state index contributed by atoms with van der Waals surface area (Å²) in [6.07, 6.45) is 1.64. The molecular weight excluding hydrogens is 292 g/mol. The van der Waals surface area contributed by atoms with Crippen molar-refractivity contribution >= 4 is 17.5 Å². The molecule has 0 heterocycles. The van der Waals surface area contributed by atoms with Crippen LogP contribution in [0.3, 0.4) is 0 Å². The van der Waals surface area contributed by atoms with Crippen LogP contribution >= 0.6 is 0 Å². The molecule has 2 aromatic carbocycles. The van der Waals surface area contributed by atoms with E-state index in [1.807, 2.05) is 30.3 Å². The highest BCUT2D eigenvalue weighted by molar-refractivity contribution is 6.03. The number of nitrogens with two attached hydrogens (primary N) is 1. The number of rotatable bonds is 5. The molecule has 1 saturated carbocycles. The quantitative estimate of drug-likeness (QED) is 0.890. The van der Waals surface area contributed by atoms with Crippen LogP contribution in [0.2, 0.25) is 0 Å². The van der Waals surface area contributed by atoms with Gasteiger partial charge in [-0.05, 0) is 36.6 Å². The first-order valence-electron chi connectivity index (χ1n) is 7.42. The summed E-state index contributed by atoms with van der Waals surface area (Å²) in [5.41, 5.74) is 6.68. The van der Waals surface area contributed by atoms with Crippen LogP contribution in [0, 0.1) is 0 Å². The Hall–Kier alpha value is -2.82. The number of carbonyl (C=O) groups is 2. The van der Waals surface area contributed by atoms with Gasteiger partial charge in [-0.2, -0.15) is 0 Å². The lowest BCUT2D eigenvalue weighted by molar-refractivity contribution is -0.118. The topological polar surface area (TPSA) is 81.4 Å².